The van der Waals surface area contributed by atoms with Crippen LogP contribution in [0.5, 0.6) is 5.75 Å². The van der Waals surface area contributed by atoms with Gasteiger partial charge in [0.05, 0.1) is 7.11 Å². The number of Topliss-reactive ketones (excluding diaryl/α,β-unsaturated/α-hetero) is 1. The summed E-state index contributed by atoms with van der Waals surface area (Å²) >= 11 is 0. The van der Waals surface area contributed by atoms with Gasteiger partial charge < -0.3 is 10.1 Å². The molecule has 0 spiro atoms. The van der Waals surface area contributed by atoms with Crippen molar-refractivity contribution in [1.29, 1.82) is 0 Å². The highest BCUT2D eigenvalue weighted by atomic mass is 16.5. The third-order valence-electron chi connectivity index (χ3n) is 4.40. The minimum atomic E-state index is -0.441. The van der Waals surface area contributed by atoms with Crippen LogP contribution in [-0.2, 0) is 0 Å². The molecule has 2 heterocycles. The van der Waals surface area contributed by atoms with Gasteiger partial charge in [0.15, 0.2) is 5.78 Å². The summed E-state index contributed by atoms with van der Waals surface area (Å²) in [6.07, 6.45) is 0. The van der Waals surface area contributed by atoms with Gasteiger partial charge in [0.1, 0.15) is 11.8 Å². The topological polar surface area (TPSA) is 81.9 Å². The van der Waals surface area contributed by atoms with Crippen molar-refractivity contribution in [2.24, 2.45) is 0 Å². The predicted molar refractivity (Wildman–Crippen MR) is 96.0 cm³/mol. The number of anilines is 1. The molecule has 130 valence electrons. The van der Waals surface area contributed by atoms with Gasteiger partial charge in [-0.2, -0.15) is 4.68 Å². The normalized spacial score (nSPS) is 16.0. The maximum absolute atomic E-state index is 13.3. The number of methoxy groups -OCH3 is 1. The molecule has 0 amide bonds. The number of carbonyl (C=O) groups is 1. The summed E-state index contributed by atoms with van der Waals surface area (Å²) in [5, 5.41) is 15.0. The first-order chi connectivity index (χ1) is 12.7. The van der Waals surface area contributed by atoms with Crippen molar-refractivity contribution in [3.63, 3.8) is 0 Å². The van der Waals surface area contributed by atoms with Gasteiger partial charge in [0, 0.05) is 16.8 Å². The molecule has 0 fully saturated rings. The number of tetrazole rings is 1. The molecule has 0 aliphatic carbocycles. The first kappa shape index (κ1) is 16.0. The molecule has 2 aromatic carbocycles. The van der Waals surface area contributed by atoms with Gasteiger partial charge in [-0.15, -0.1) is 0 Å². The Morgan fingerprint density at radius 3 is 2.73 bits per heavy atom. The van der Waals surface area contributed by atoms with Gasteiger partial charge in [0.2, 0.25) is 5.95 Å². The van der Waals surface area contributed by atoms with Crippen LogP contribution in [0.2, 0.25) is 0 Å². The molecule has 7 nitrogen and oxygen atoms in total. The number of allylic oxidation sites excluding steroid dienone is 2. The Hall–Kier alpha value is -3.48. The van der Waals surface area contributed by atoms with Crippen LogP contribution in [0.1, 0.15) is 28.9 Å². The SMILES string of the molecule is COc1cccc(C2C(C(=O)c3ccccc3)=C(C)Nc3nnnn32)c1. The van der Waals surface area contributed by atoms with Crippen LogP contribution >= 0.6 is 0 Å². The third-order valence-corrected chi connectivity index (χ3v) is 4.40. The molecule has 0 bridgehead atoms. The molecular formula is C19H17N5O2. The van der Waals surface area contributed by atoms with Gasteiger partial charge in [-0.05, 0) is 35.0 Å². The molecule has 0 radical (unpaired) electrons. The highest BCUT2D eigenvalue weighted by Crippen LogP contribution is 2.36. The van der Waals surface area contributed by atoms with Crippen molar-refractivity contribution in [2.45, 2.75) is 13.0 Å². The standard InChI is InChI=1S/C19H17N5O2/c1-12-16(18(25)13-7-4-3-5-8-13)17(24-19(20-12)21-22-23-24)14-9-6-10-15(11-14)26-2/h3-11,17H,1-2H3,(H,20,21,23). The number of hydrogen-bond acceptors (Lipinski definition) is 6. The Morgan fingerprint density at radius 1 is 1.15 bits per heavy atom. The van der Waals surface area contributed by atoms with Gasteiger partial charge in [0.25, 0.3) is 0 Å². The molecule has 26 heavy (non-hydrogen) atoms. The van der Waals surface area contributed by atoms with Crippen molar-refractivity contribution in [3.05, 3.63) is 77.0 Å². The minimum Gasteiger partial charge on any atom is -0.497 e. The van der Waals surface area contributed by atoms with Crippen molar-refractivity contribution >= 4 is 11.7 Å². The lowest BCUT2D eigenvalue weighted by atomic mass is 9.90. The number of benzene rings is 2. The first-order valence-electron chi connectivity index (χ1n) is 8.18. The Morgan fingerprint density at radius 2 is 1.96 bits per heavy atom. The van der Waals surface area contributed by atoms with E-state index < -0.39 is 6.04 Å². The summed E-state index contributed by atoms with van der Waals surface area (Å²) in [4.78, 5) is 13.3. The minimum absolute atomic E-state index is 0.0652. The number of ketones is 1. The summed E-state index contributed by atoms with van der Waals surface area (Å²) in [5.41, 5.74) is 2.82. The average molecular weight is 347 g/mol. The summed E-state index contributed by atoms with van der Waals surface area (Å²) in [6, 6.07) is 16.3. The van der Waals surface area contributed by atoms with Gasteiger partial charge in [-0.3, -0.25) is 4.79 Å². The Balaban J connectivity index is 1.88. The molecule has 0 saturated carbocycles. The molecule has 7 heteroatoms. The zero-order valence-corrected chi connectivity index (χ0v) is 14.4. The van der Waals surface area contributed by atoms with Crippen molar-refractivity contribution in [1.82, 2.24) is 20.2 Å². The summed E-state index contributed by atoms with van der Waals surface area (Å²) < 4.78 is 6.97. The smallest absolute Gasteiger partial charge is 0.248 e. The quantitative estimate of drug-likeness (QED) is 0.731. The van der Waals surface area contributed by atoms with Crippen LogP contribution in [-0.4, -0.2) is 33.1 Å². The van der Waals surface area contributed by atoms with E-state index in [1.54, 1.807) is 23.9 Å². The number of ether oxygens (including phenoxy) is 1. The maximum atomic E-state index is 13.3. The number of rotatable bonds is 4. The fourth-order valence-electron chi connectivity index (χ4n) is 3.17. The van der Waals surface area contributed by atoms with Crippen LogP contribution in [0.3, 0.4) is 0 Å². The van der Waals surface area contributed by atoms with E-state index in [1.165, 1.54) is 0 Å². The van der Waals surface area contributed by atoms with E-state index in [9.17, 15) is 4.79 Å². The average Bonchev–Trinajstić information content (AvgIpc) is 3.15. The van der Waals surface area contributed by atoms with E-state index in [-0.39, 0.29) is 5.78 Å². The zero-order valence-electron chi connectivity index (χ0n) is 14.4. The molecule has 3 aromatic rings. The number of aromatic nitrogens is 4. The number of carbonyl (C=O) groups excluding carboxylic acids is 1. The Bertz CT molecular complexity index is 994. The fraction of sp³-hybridized carbons (Fsp3) is 0.158. The van der Waals surface area contributed by atoms with Crippen molar-refractivity contribution < 1.29 is 9.53 Å². The van der Waals surface area contributed by atoms with Crippen LogP contribution < -0.4 is 10.1 Å². The number of hydrogen-bond donors (Lipinski definition) is 1. The van der Waals surface area contributed by atoms with E-state index >= 15 is 0 Å². The van der Waals surface area contributed by atoms with E-state index in [2.05, 4.69) is 20.8 Å². The van der Waals surface area contributed by atoms with Gasteiger partial charge in [-0.1, -0.05) is 47.6 Å². The zero-order chi connectivity index (χ0) is 18.1. The fourth-order valence-corrected chi connectivity index (χ4v) is 3.17. The summed E-state index contributed by atoms with van der Waals surface area (Å²) in [6.45, 7) is 1.86. The van der Waals surface area contributed by atoms with E-state index in [4.69, 9.17) is 4.74 Å². The Labute approximate surface area is 150 Å². The number of nitrogens with zero attached hydrogens (tertiary/aromatic N) is 4. The van der Waals surface area contributed by atoms with Crippen LogP contribution in [0.15, 0.2) is 65.9 Å². The van der Waals surface area contributed by atoms with E-state index in [0.29, 0.717) is 22.8 Å². The van der Waals surface area contributed by atoms with E-state index in [1.807, 2.05) is 49.4 Å². The summed E-state index contributed by atoms with van der Waals surface area (Å²) in [7, 11) is 1.61. The lowest BCUT2D eigenvalue weighted by Crippen LogP contribution is -2.28. The lowest BCUT2D eigenvalue weighted by molar-refractivity contribution is 0.102. The molecular weight excluding hydrogens is 330 g/mol. The second-order valence-corrected chi connectivity index (χ2v) is 5.99. The second kappa shape index (κ2) is 6.44. The van der Waals surface area contributed by atoms with Gasteiger partial charge in [-0.25, -0.2) is 0 Å². The molecule has 1 N–H and O–H groups in total. The number of fused-ring (bicyclic) bond motifs is 1. The number of nitrogens with one attached hydrogen (secondary N) is 1. The molecule has 1 aliphatic rings. The Kier molecular flexibility index (Phi) is 3.96. The van der Waals surface area contributed by atoms with Gasteiger partial charge >= 0.3 is 0 Å². The molecule has 1 unspecified atom stereocenters. The summed E-state index contributed by atoms with van der Waals surface area (Å²) in [5.74, 6) is 1.14. The maximum Gasteiger partial charge on any atom is 0.248 e. The first-order valence-corrected chi connectivity index (χ1v) is 8.18. The molecule has 4 rings (SSSR count). The molecule has 0 saturated heterocycles. The molecule has 1 atom stereocenters. The molecule has 1 aromatic heterocycles. The second-order valence-electron chi connectivity index (χ2n) is 5.99. The van der Waals surface area contributed by atoms with Crippen LogP contribution in [0, 0.1) is 0 Å². The largest absolute Gasteiger partial charge is 0.497 e. The van der Waals surface area contributed by atoms with Crippen LogP contribution in [0.4, 0.5) is 5.95 Å². The predicted octanol–water partition coefficient (Wildman–Crippen LogP) is 2.85. The van der Waals surface area contributed by atoms with Crippen molar-refractivity contribution in [2.75, 3.05) is 12.4 Å². The van der Waals surface area contributed by atoms with E-state index in [0.717, 1.165) is 11.3 Å². The highest BCUT2D eigenvalue weighted by Gasteiger charge is 2.34. The van der Waals surface area contributed by atoms with Crippen molar-refractivity contribution in [3.8, 4) is 5.75 Å². The monoisotopic (exact) mass is 347 g/mol. The third kappa shape index (κ3) is 2.63. The molecule has 1 aliphatic heterocycles. The highest BCUT2D eigenvalue weighted by molar-refractivity contribution is 6.10. The lowest BCUT2D eigenvalue weighted by Gasteiger charge is -2.28. The van der Waals surface area contributed by atoms with Crippen LogP contribution in [0.25, 0.3) is 0 Å².